The molecule has 1 saturated carbocycles. The molecule has 0 bridgehead atoms. The van der Waals surface area contributed by atoms with E-state index in [4.69, 9.17) is 0 Å². The number of guanidine groups is 1. The summed E-state index contributed by atoms with van der Waals surface area (Å²) in [5.74, 6) is 0.877. The Kier molecular flexibility index (Phi) is 4.91. The molecule has 1 aromatic heterocycles. The van der Waals surface area contributed by atoms with Gasteiger partial charge in [0.1, 0.15) is 5.82 Å². The molecule has 1 heterocycles. The normalized spacial score (nSPS) is 20.4. The van der Waals surface area contributed by atoms with Crippen molar-refractivity contribution < 1.29 is 4.39 Å². The van der Waals surface area contributed by atoms with Crippen LogP contribution in [0.4, 0.5) is 4.39 Å². The van der Waals surface area contributed by atoms with Gasteiger partial charge in [0.25, 0.3) is 0 Å². The van der Waals surface area contributed by atoms with E-state index in [0.717, 1.165) is 35.9 Å². The van der Waals surface area contributed by atoms with Gasteiger partial charge in [-0.15, -0.1) is 11.3 Å². The van der Waals surface area contributed by atoms with Crippen LogP contribution in [0.1, 0.15) is 27.8 Å². The number of aryl methyl sites for hydroxylation is 1. The predicted molar refractivity (Wildman–Crippen MR) is 92.6 cm³/mol. The van der Waals surface area contributed by atoms with Gasteiger partial charge in [0.15, 0.2) is 5.96 Å². The van der Waals surface area contributed by atoms with Crippen molar-refractivity contribution >= 4 is 17.3 Å². The van der Waals surface area contributed by atoms with Crippen LogP contribution in [-0.4, -0.2) is 30.6 Å². The Balaban J connectivity index is 1.47. The largest absolute Gasteiger partial charge is 0.356 e. The summed E-state index contributed by atoms with van der Waals surface area (Å²) < 4.78 is 13.8. The molecule has 6 heteroatoms. The number of halogens is 1. The van der Waals surface area contributed by atoms with E-state index in [-0.39, 0.29) is 17.8 Å². The van der Waals surface area contributed by atoms with Gasteiger partial charge >= 0.3 is 0 Å². The zero-order valence-electron chi connectivity index (χ0n) is 13.3. The van der Waals surface area contributed by atoms with Crippen molar-refractivity contribution in [3.05, 3.63) is 51.7 Å². The second-order valence-corrected chi connectivity index (χ2v) is 7.05. The second-order valence-electron chi connectivity index (χ2n) is 5.73. The average molecular weight is 332 g/mol. The van der Waals surface area contributed by atoms with Gasteiger partial charge < -0.3 is 10.6 Å². The minimum Gasteiger partial charge on any atom is -0.356 e. The maximum Gasteiger partial charge on any atom is 0.191 e. The fourth-order valence-electron chi connectivity index (χ4n) is 2.65. The molecule has 4 nitrogen and oxygen atoms in total. The third-order valence-electron chi connectivity index (χ3n) is 3.94. The molecule has 2 atom stereocenters. The first-order chi connectivity index (χ1) is 11.2. The van der Waals surface area contributed by atoms with Crippen molar-refractivity contribution in [2.24, 2.45) is 4.99 Å². The quantitative estimate of drug-likeness (QED) is 0.654. The van der Waals surface area contributed by atoms with E-state index in [1.54, 1.807) is 24.5 Å². The van der Waals surface area contributed by atoms with E-state index in [1.807, 2.05) is 18.3 Å². The maximum atomic E-state index is 13.8. The van der Waals surface area contributed by atoms with Gasteiger partial charge in [0, 0.05) is 43.0 Å². The van der Waals surface area contributed by atoms with Crippen molar-refractivity contribution in [2.75, 3.05) is 13.6 Å². The third-order valence-corrected chi connectivity index (χ3v) is 4.91. The van der Waals surface area contributed by atoms with Crippen LogP contribution in [0.15, 0.2) is 35.5 Å². The van der Waals surface area contributed by atoms with E-state index in [9.17, 15) is 4.39 Å². The minimum atomic E-state index is -0.121. The monoisotopic (exact) mass is 332 g/mol. The van der Waals surface area contributed by atoms with E-state index < -0.39 is 0 Å². The summed E-state index contributed by atoms with van der Waals surface area (Å²) in [6.07, 6.45) is 3.71. The Hall–Kier alpha value is -1.95. The first-order valence-corrected chi connectivity index (χ1v) is 8.62. The molecule has 2 unspecified atom stereocenters. The molecule has 2 N–H and O–H groups in total. The maximum absolute atomic E-state index is 13.8. The minimum absolute atomic E-state index is 0.121. The lowest BCUT2D eigenvalue weighted by molar-refractivity contribution is 0.607. The highest BCUT2D eigenvalue weighted by Crippen LogP contribution is 2.41. The molecule has 122 valence electrons. The molecular formula is C17H21FN4S. The van der Waals surface area contributed by atoms with Crippen molar-refractivity contribution in [2.45, 2.75) is 31.7 Å². The molecule has 1 aliphatic carbocycles. The lowest BCUT2D eigenvalue weighted by Crippen LogP contribution is -2.39. The van der Waals surface area contributed by atoms with Gasteiger partial charge in [-0.1, -0.05) is 18.2 Å². The van der Waals surface area contributed by atoms with Gasteiger partial charge in [0.05, 0.1) is 5.01 Å². The molecule has 23 heavy (non-hydrogen) atoms. The number of benzene rings is 1. The number of rotatable bonds is 5. The number of hydrogen-bond acceptors (Lipinski definition) is 3. The highest BCUT2D eigenvalue weighted by Gasteiger charge is 2.40. The van der Waals surface area contributed by atoms with Crippen LogP contribution in [0.3, 0.4) is 0 Å². The molecule has 0 aliphatic heterocycles. The van der Waals surface area contributed by atoms with Crippen LogP contribution >= 0.6 is 11.3 Å². The van der Waals surface area contributed by atoms with Crippen molar-refractivity contribution in [3.8, 4) is 0 Å². The molecule has 0 spiro atoms. The number of nitrogens with one attached hydrogen (secondary N) is 2. The van der Waals surface area contributed by atoms with Crippen molar-refractivity contribution in [1.82, 2.24) is 15.6 Å². The third kappa shape index (κ3) is 4.07. The zero-order valence-corrected chi connectivity index (χ0v) is 14.2. The Morgan fingerprint density at radius 2 is 2.26 bits per heavy atom. The smallest absolute Gasteiger partial charge is 0.191 e. The number of nitrogens with zero attached hydrogens (tertiary/aromatic N) is 2. The number of aromatic nitrogens is 1. The van der Waals surface area contributed by atoms with Crippen LogP contribution in [0.25, 0.3) is 0 Å². The summed E-state index contributed by atoms with van der Waals surface area (Å²) in [4.78, 5) is 9.82. The molecule has 1 aliphatic rings. The Morgan fingerprint density at radius 1 is 1.43 bits per heavy atom. The Bertz CT molecular complexity index is 697. The summed E-state index contributed by atoms with van der Waals surface area (Å²) in [6.45, 7) is 2.84. The number of hydrogen-bond donors (Lipinski definition) is 2. The highest BCUT2D eigenvalue weighted by molar-refractivity contribution is 7.11. The Labute approximate surface area is 139 Å². The summed E-state index contributed by atoms with van der Waals surface area (Å²) in [7, 11) is 1.75. The van der Waals surface area contributed by atoms with Gasteiger partial charge in [-0.05, 0) is 25.0 Å². The Morgan fingerprint density at radius 3 is 2.96 bits per heavy atom. The van der Waals surface area contributed by atoms with Gasteiger partial charge in [0.2, 0.25) is 0 Å². The number of aliphatic imine (C=N–C) groups is 1. The fourth-order valence-corrected chi connectivity index (χ4v) is 3.44. The van der Waals surface area contributed by atoms with Crippen LogP contribution in [-0.2, 0) is 6.42 Å². The van der Waals surface area contributed by atoms with E-state index in [1.165, 1.54) is 10.9 Å². The fraction of sp³-hybridized carbons (Fsp3) is 0.412. The van der Waals surface area contributed by atoms with Crippen molar-refractivity contribution in [1.29, 1.82) is 0 Å². The topological polar surface area (TPSA) is 49.3 Å². The molecular weight excluding hydrogens is 311 g/mol. The van der Waals surface area contributed by atoms with Gasteiger partial charge in [-0.3, -0.25) is 4.99 Å². The first-order valence-electron chi connectivity index (χ1n) is 7.80. The van der Waals surface area contributed by atoms with Crippen LogP contribution in [0.5, 0.6) is 0 Å². The highest BCUT2D eigenvalue weighted by atomic mass is 32.1. The molecule has 2 aromatic rings. The van der Waals surface area contributed by atoms with E-state index in [2.05, 4.69) is 27.5 Å². The van der Waals surface area contributed by atoms with Crippen molar-refractivity contribution in [3.63, 3.8) is 0 Å². The van der Waals surface area contributed by atoms with Gasteiger partial charge in [-0.2, -0.15) is 0 Å². The average Bonchev–Trinajstić information content (AvgIpc) is 3.18. The van der Waals surface area contributed by atoms with E-state index in [0.29, 0.717) is 0 Å². The lowest BCUT2D eigenvalue weighted by atomic mass is 10.1. The summed E-state index contributed by atoms with van der Waals surface area (Å²) in [5, 5.41) is 7.79. The SMILES string of the molecule is CN=C(NCCc1ncc(C)s1)NC1CC1c1ccccc1F. The molecule has 1 aromatic carbocycles. The second kappa shape index (κ2) is 7.08. The summed E-state index contributed by atoms with van der Waals surface area (Å²) in [5.41, 5.74) is 0.790. The molecule has 3 rings (SSSR count). The first kappa shape index (κ1) is 15.9. The standard InChI is InChI=1S/C17H21FN4S/c1-11-10-21-16(23-11)7-8-20-17(19-2)22-15-9-13(15)12-5-3-4-6-14(12)18/h3-6,10,13,15H,7-9H2,1-2H3,(H2,19,20,22). The molecule has 0 amide bonds. The van der Waals surface area contributed by atoms with Crippen LogP contribution < -0.4 is 10.6 Å². The molecule has 0 saturated heterocycles. The van der Waals surface area contributed by atoms with Crippen LogP contribution in [0.2, 0.25) is 0 Å². The zero-order chi connectivity index (χ0) is 16.2. The summed E-state index contributed by atoms with van der Waals surface area (Å²) >= 11 is 1.72. The number of thiazole rings is 1. The lowest BCUT2D eigenvalue weighted by Gasteiger charge is -2.11. The predicted octanol–water partition coefficient (Wildman–Crippen LogP) is 2.85. The van der Waals surface area contributed by atoms with Gasteiger partial charge in [-0.25, -0.2) is 9.37 Å². The van der Waals surface area contributed by atoms with E-state index >= 15 is 0 Å². The van der Waals surface area contributed by atoms with Crippen LogP contribution in [0, 0.1) is 12.7 Å². The summed E-state index contributed by atoms with van der Waals surface area (Å²) in [6, 6.07) is 7.25. The molecule has 1 fully saturated rings. The molecule has 0 radical (unpaired) electrons.